The van der Waals surface area contributed by atoms with Crippen molar-refractivity contribution >= 4 is 34.8 Å². The van der Waals surface area contributed by atoms with Crippen molar-refractivity contribution in [1.29, 1.82) is 0 Å². The molecule has 4 nitrogen and oxygen atoms in total. The second kappa shape index (κ2) is 9.80. The number of anilines is 1. The highest BCUT2D eigenvalue weighted by atomic mass is 32.1. The number of hydrogen-bond donors (Lipinski definition) is 0. The van der Waals surface area contributed by atoms with E-state index in [1.807, 2.05) is 34.6 Å². The average Bonchev–Trinajstić information content (AvgIpc) is 3.06. The molecule has 0 unspecified atom stereocenters. The first-order valence-corrected chi connectivity index (χ1v) is 9.16. The van der Waals surface area contributed by atoms with Gasteiger partial charge in [0.2, 0.25) is 7.41 Å². The van der Waals surface area contributed by atoms with Gasteiger partial charge in [0.15, 0.2) is 0 Å². The van der Waals surface area contributed by atoms with Crippen LogP contribution in [0.1, 0.15) is 33.5 Å². The Hall–Kier alpha value is -1.14. The van der Waals surface area contributed by atoms with E-state index >= 15 is 0 Å². The summed E-state index contributed by atoms with van der Waals surface area (Å²) in [5, 5.41) is 2.10. The van der Waals surface area contributed by atoms with Gasteiger partial charge in [-0.3, -0.25) is 0 Å². The first-order valence-electron chi connectivity index (χ1n) is 8.28. The molecule has 3 heterocycles. The molecule has 0 spiro atoms. The first kappa shape index (κ1) is 18.9. The molecule has 2 aromatic heterocycles. The molecule has 0 atom stereocenters. The minimum absolute atomic E-state index is 0.861. The zero-order valence-electron chi connectivity index (χ0n) is 14.8. The monoisotopic (exact) mass is 319 g/mol. The van der Waals surface area contributed by atoms with Crippen LogP contribution in [0.25, 0.3) is 10.2 Å². The average molecular weight is 319 g/mol. The Morgan fingerprint density at radius 1 is 1.05 bits per heavy atom. The fourth-order valence-electron chi connectivity index (χ4n) is 2.37. The maximum absolute atomic E-state index is 4.64. The van der Waals surface area contributed by atoms with Crippen molar-refractivity contribution in [2.75, 3.05) is 31.1 Å². The van der Waals surface area contributed by atoms with Crippen LogP contribution in [0.4, 0.5) is 5.82 Å². The van der Waals surface area contributed by atoms with Crippen LogP contribution in [-0.2, 0) is 0 Å². The van der Waals surface area contributed by atoms with Gasteiger partial charge >= 0.3 is 0 Å². The van der Waals surface area contributed by atoms with Crippen LogP contribution < -0.4 is 4.90 Å². The van der Waals surface area contributed by atoms with Gasteiger partial charge in [-0.2, -0.15) is 0 Å². The predicted octanol–water partition coefficient (Wildman–Crippen LogP) is 3.84. The fourth-order valence-corrected chi connectivity index (χ4v) is 3.22. The third kappa shape index (κ3) is 4.43. The molecule has 0 N–H and O–H groups in total. The smallest absolute Gasteiger partial charge is 0.205 e. The zero-order chi connectivity index (χ0) is 16.5. The van der Waals surface area contributed by atoms with Crippen molar-refractivity contribution in [3.05, 3.63) is 17.3 Å². The maximum atomic E-state index is 4.64. The Bertz CT molecular complexity index is 550. The summed E-state index contributed by atoms with van der Waals surface area (Å²) in [6.07, 6.45) is 0. The number of fused-ring (bicyclic) bond motifs is 1. The van der Waals surface area contributed by atoms with Crippen molar-refractivity contribution in [1.82, 2.24) is 14.8 Å². The quantitative estimate of drug-likeness (QED) is 0.787. The van der Waals surface area contributed by atoms with E-state index in [9.17, 15) is 0 Å². The number of thiophene rings is 1. The molecule has 0 saturated carbocycles. The summed E-state index contributed by atoms with van der Waals surface area (Å²) in [6, 6.07) is 2.08. The van der Waals surface area contributed by atoms with Crippen LogP contribution in [0.3, 0.4) is 0 Å². The Morgan fingerprint density at radius 3 is 2.27 bits per heavy atom. The van der Waals surface area contributed by atoms with Gasteiger partial charge in [-0.05, 0) is 18.4 Å². The Labute approximate surface area is 139 Å². The normalized spacial score (nSPS) is 14.7. The van der Waals surface area contributed by atoms with E-state index in [0.717, 1.165) is 43.3 Å². The van der Waals surface area contributed by atoms with Gasteiger partial charge in [0, 0.05) is 26.2 Å². The fraction of sp³-hybridized carbons (Fsp3) is 0.625. The molecule has 1 aliphatic rings. The molecule has 0 aliphatic carbocycles. The van der Waals surface area contributed by atoms with Crippen LogP contribution in [-0.4, -0.2) is 48.4 Å². The highest BCUT2D eigenvalue weighted by Crippen LogP contribution is 2.29. The number of aryl methyl sites for hydroxylation is 1. The van der Waals surface area contributed by atoms with Gasteiger partial charge in [0.25, 0.3) is 0 Å². The molecular formula is C16H28BN4S. The minimum atomic E-state index is 0.861. The van der Waals surface area contributed by atoms with Crippen molar-refractivity contribution in [3.8, 4) is 0 Å². The number of piperazine rings is 1. The number of rotatable bonds is 2. The summed E-state index contributed by atoms with van der Waals surface area (Å²) in [5.74, 6) is 1.98. The zero-order valence-corrected chi connectivity index (χ0v) is 15.6. The van der Waals surface area contributed by atoms with E-state index in [0.29, 0.717) is 0 Å². The van der Waals surface area contributed by atoms with E-state index < -0.39 is 0 Å². The Kier molecular flexibility index (Phi) is 8.42. The molecule has 1 fully saturated rings. The lowest BCUT2D eigenvalue weighted by molar-refractivity contribution is 0.407. The lowest BCUT2D eigenvalue weighted by atomic mass is 9.95. The van der Waals surface area contributed by atoms with Crippen molar-refractivity contribution in [2.24, 2.45) is 0 Å². The molecule has 0 aromatic carbocycles. The van der Waals surface area contributed by atoms with Crippen molar-refractivity contribution in [2.45, 2.75) is 41.4 Å². The summed E-state index contributed by atoms with van der Waals surface area (Å²) in [7, 11) is 2.17. The summed E-state index contributed by atoms with van der Waals surface area (Å²) in [4.78, 5) is 13.9. The van der Waals surface area contributed by atoms with E-state index in [4.69, 9.17) is 0 Å². The maximum Gasteiger partial charge on any atom is 0.205 e. The molecule has 1 aliphatic heterocycles. The highest BCUT2D eigenvalue weighted by molar-refractivity contribution is 7.17. The molecule has 121 valence electrons. The van der Waals surface area contributed by atoms with Crippen LogP contribution in [0.5, 0.6) is 0 Å². The van der Waals surface area contributed by atoms with Crippen LogP contribution in [0.15, 0.2) is 11.4 Å². The summed E-state index contributed by atoms with van der Waals surface area (Å²) in [5.41, 5.74) is 1.08. The number of hydrogen-bond acceptors (Lipinski definition) is 5. The summed E-state index contributed by atoms with van der Waals surface area (Å²) < 4.78 is 1.22. The van der Waals surface area contributed by atoms with Crippen molar-refractivity contribution in [3.63, 3.8) is 0 Å². The van der Waals surface area contributed by atoms with Gasteiger partial charge in [0.05, 0.1) is 10.2 Å². The number of nitrogens with zero attached hydrogens (tertiary/aromatic N) is 4. The molecule has 1 saturated heterocycles. The molecule has 0 bridgehead atoms. The van der Waals surface area contributed by atoms with Crippen molar-refractivity contribution < 1.29 is 0 Å². The molecule has 3 rings (SSSR count). The predicted molar refractivity (Wildman–Crippen MR) is 100 cm³/mol. The Morgan fingerprint density at radius 2 is 1.68 bits per heavy atom. The van der Waals surface area contributed by atoms with E-state index in [-0.39, 0.29) is 0 Å². The van der Waals surface area contributed by atoms with Crippen LogP contribution in [0.2, 0.25) is 6.82 Å². The highest BCUT2D eigenvalue weighted by Gasteiger charge is 2.20. The molecule has 0 amide bonds. The summed E-state index contributed by atoms with van der Waals surface area (Å²) in [6.45, 7) is 16.3. The Balaban J connectivity index is 0.000000561. The van der Waals surface area contributed by atoms with E-state index in [1.165, 1.54) is 4.70 Å². The molecule has 22 heavy (non-hydrogen) atoms. The topological polar surface area (TPSA) is 32.3 Å². The van der Waals surface area contributed by atoms with Gasteiger partial charge < -0.3 is 9.71 Å². The summed E-state index contributed by atoms with van der Waals surface area (Å²) >= 11 is 1.73. The molecule has 2 aromatic rings. The van der Waals surface area contributed by atoms with Gasteiger partial charge in [-0.25, -0.2) is 9.97 Å². The molecular weight excluding hydrogens is 291 g/mol. The SMILES string of the molecule is CC.CC.C[B]N1CCN(c2nc(C)nc3ccsc23)CC1. The third-order valence-electron chi connectivity index (χ3n) is 3.38. The van der Waals surface area contributed by atoms with E-state index in [2.05, 4.69) is 45.4 Å². The first-order chi connectivity index (χ1) is 10.8. The second-order valence-corrected chi connectivity index (χ2v) is 5.43. The minimum Gasteiger partial charge on any atom is -0.353 e. The molecule has 6 heteroatoms. The van der Waals surface area contributed by atoms with Gasteiger partial charge in [-0.1, -0.05) is 34.5 Å². The van der Waals surface area contributed by atoms with Crippen LogP contribution >= 0.6 is 11.3 Å². The van der Waals surface area contributed by atoms with Crippen LogP contribution in [0, 0.1) is 6.92 Å². The largest absolute Gasteiger partial charge is 0.353 e. The van der Waals surface area contributed by atoms with E-state index in [1.54, 1.807) is 11.3 Å². The second-order valence-electron chi connectivity index (χ2n) is 4.51. The lowest BCUT2D eigenvalue weighted by Crippen LogP contribution is -2.47. The lowest BCUT2D eigenvalue weighted by Gasteiger charge is -2.35. The molecule has 1 radical (unpaired) electrons. The number of aromatic nitrogens is 2. The van der Waals surface area contributed by atoms with Gasteiger partial charge in [-0.15, -0.1) is 11.3 Å². The standard InChI is InChI=1S/C12H16BN4S.2C2H6/c1-9-14-10-3-8-18-11(10)12(15-9)16-4-6-17(13-2)7-5-16;2*1-2/h3,8H,4-7H2,1-2H3;2*1-2H3. The third-order valence-corrected chi connectivity index (χ3v) is 4.28. The van der Waals surface area contributed by atoms with Gasteiger partial charge in [0.1, 0.15) is 11.6 Å².